The first-order valence-corrected chi connectivity index (χ1v) is 18.5. The molecule has 0 aliphatic heterocycles. The van der Waals surface area contributed by atoms with E-state index in [1.54, 1.807) is 0 Å². The van der Waals surface area contributed by atoms with E-state index in [0.29, 0.717) is 12.8 Å². The van der Waals surface area contributed by atoms with E-state index < -0.39 is 61.8 Å². The third kappa shape index (κ3) is 14.0. The molecular formula is C38H48B2N8O7. The predicted molar refractivity (Wildman–Crippen MR) is 207 cm³/mol. The fraction of sp³-hybridized carbons (Fsp3) is 0.368. The molecular weight excluding hydrogens is 702 g/mol. The molecule has 4 aromatic rings. The van der Waals surface area contributed by atoms with Gasteiger partial charge in [-0.05, 0) is 24.0 Å². The number of hydrogen-bond acceptors (Lipinski definition) is 11. The first-order valence-electron chi connectivity index (χ1n) is 18.5. The summed E-state index contributed by atoms with van der Waals surface area (Å²) in [5, 5.41) is 33.8. The van der Waals surface area contributed by atoms with E-state index in [1.165, 1.54) is 37.2 Å². The summed E-state index contributed by atoms with van der Waals surface area (Å²) in [4.78, 5) is 69.7. The van der Waals surface area contributed by atoms with E-state index in [4.69, 9.17) is 4.57 Å². The lowest BCUT2D eigenvalue weighted by atomic mass is 9.68. The van der Waals surface area contributed by atoms with Gasteiger partial charge in [0.2, 0.25) is 11.8 Å². The average Bonchev–Trinajstić information content (AvgIpc) is 3.21. The van der Waals surface area contributed by atoms with Crippen molar-refractivity contribution in [3.8, 4) is 0 Å². The molecule has 0 radical (unpaired) electrons. The zero-order chi connectivity index (χ0) is 39.4. The van der Waals surface area contributed by atoms with Crippen molar-refractivity contribution in [2.24, 2.45) is 0 Å². The first kappa shape index (κ1) is 42.2. The number of nitrogens with zero attached hydrogens (tertiary/aromatic N) is 4. The van der Waals surface area contributed by atoms with Crippen LogP contribution in [0, 0.1) is 0 Å². The van der Waals surface area contributed by atoms with Crippen LogP contribution >= 0.6 is 0 Å². The average molecular weight is 750 g/mol. The first-order chi connectivity index (χ1) is 26.7. The van der Waals surface area contributed by atoms with Gasteiger partial charge >= 0.3 is 14.2 Å². The minimum atomic E-state index is -1.70. The Kier molecular flexibility index (Phi) is 17.4. The Morgan fingerprint density at radius 2 is 1.02 bits per heavy atom. The van der Waals surface area contributed by atoms with Crippen molar-refractivity contribution in [2.45, 2.75) is 89.2 Å². The molecule has 4 rings (SSSR count). The molecule has 2 heterocycles. The van der Waals surface area contributed by atoms with Gasteiger partial charge in [-0.1, -0.05) is 100 Å². The van der Waals surface area contributed by atoms with Crippen molar-refractivity contribution in [2.75, 3.05) is 0 Å². The van der Waals surface area contributed by atoms with Gasteiger partial charge in [-0.3, -0.25) is 29.1 Å². The molecule has 0 saturated carbocycles. The van der Waals surface area contributed by atoms with Gasteiger partial charge in [0.15, 0.2) is 0 Å². The molecule has 0 fully saturated rings. The summed E-state index contributed by atoms with van der Waals surface area (Å²) in [5.74, 6) is -4.36. The summed E-state index contributed by atoms with van der Waals surface area (Å²) in [5.41, 5.74) is 1.63. The molecule has 55 heavy (non-hydrogen) atoms. The number of carbonyl (C=O) groups excluding carboxylic acids is 4. The van der Waals surface area contributed by atoms with E-state index in [-0.39, 0.29) is 37.1 Å². The van der Waals surface area contributed by atoms with Crippen LogP contribution in [0.25, 0.3) is 0 Å². The van der Waals surface area contributed by atoms with Gasteiger partial charge in [-0.15, -0.1) is 0 Å². The van der Waals surface area contributed by atoms with E-state index in [1.807, 2.05) is 74.5 Å². The molecule has 0 saturated heterocycles. The Bertz CT molecular complexity index is 1640. The van der Waals surface area contributed by atoms with Crippen LogP contribution in [-0.2, 0) is 27.0 Å². The number of carbonyl (C=O) groups is 4. The Balaban J connectivity index is 1.49. The Hall–Kier alpha value is -5.51. The maximum absolute atomic E-state index is 13.8. The van der Waals surface area contributed by atoms with Gasteiger partial charge < -0.3 is 35.9 Å². The Morgan fingerprint density at radius 3 is 1.36 bits per heavy atom. The molecule has 6 N–H and O–H groups in total. The lowest BCUT2D eigenvalue weighted by Gasteiger charge is -2.28. The summed E-state index contributed by atoms with van der Waals surface area (Å²) in [6.07, 6.45) is 11.7. The van der Waals surface area contributed by atoms with Crippen molar-refractivity contribution in [1.29, 1.82) is 0 Å². The van der Waals surface area contributed by atoms with Gasteiger partial charge in [0.1, 0.15) is 23.5 Å². The highest BCUT2D eigenvalue weighted by atomic mass is 16.5. The number of benzene rings is 2. The number of rotatable bonds is 22. The minimum absolute atomic E-state index is 0.0295. The summed E-state index contributed by atoms with van der Waals surface area (Å²) in [6, 6.07) is 16.1. The third-order valence-corrected chi connectivity index (χ3v) is 8.76. The zero-order valence-electron chi connectivity index (χ0n) is 31.1. The highest BCUT2D eigenvalue weighted by Gasteiger charge is 2.38. The van der Waals surface area contributed by atoms with Crippen molar-refractivity contribution in [3.63, 3.8) is 0 Å². The topological polar surface area (TPSA) is 218 Å². The Labute approximate surface area is 321 Å². The highest BCUT2D eigenvalue weighted by molar-refractivity contribution is 6.60. The molecule has 4 atom stereocenters. The lowest BCUT2D eigenvalue weighted by molar-refractivity contribution is -0.124. The standard InChI is InChI=1S/C38H48B2N8O7/c1-3-5-17-33(47-35(49)29(23-27-13-9-7-10-14-27)45-37(51)31-25-41-19-21-43-31)39(53)55-40(54)34(18-6-4-2)48-36(50)30(24-28-15-11-8-12-16-28)46-38(52)32-26-42-20-22-44-32/h7-16,19-22,25-26,29-30,33-34,53-54H,3-6,17-18,23-24H2,1-2H3,(H,45,51)(H,46,52)(H,47,49)(H,48,50)/t29-,30-,33?,34?/m0/s1. The lowest BCUT2D eigenvalue weighted by Crippen LogP contribution is -2.59. The SMILES string of the molecule is CCCCC(NC(=O)[C@H](Cc1ccccc1)NC(=O)c1cnccn1)B(O)OB(O)C(CCCC)NC(=O)[C@H](Cc1ccccc1)NC(=O)c1cnccn1. The fourth-order valence-corrected chi connectivity index (χ4v) is 5.73. The van der Waals surface area contributed by atoms with Crippen LogP contribution in [0.1, 0.15) is 84.5 Å². The zero-order valence-corrected chi connectivity index (χ0v) is 31.1. The number of unbranched alkanes of at least 4 members (excludes halogenated alkanes) is 2. The highest BCUT2D eigenvalue weighted by Crippen LogP contribution is 2.13. The Morgan fingerprint density at radius 1 is 0.618 bits per heavy atom. The molecule has 288 valence electrons. The maximum Gasteiger partial charge on any atom is 0.464 e. The number of nitrogens with one attached hydrogen (secondary N) is 4. The molecule has 17 heteroatoms. The number of hydrogen-bond donors (Lipinski definition) is 6. The third-order valence-electron chi connectivity index (χ3n) is 8.76. The van der Waals surface area contributed by atoms with E-state index in [0.717, 1.165) is 24.0 Å². The van der Waals surface area contributed by atoms with E-state index >= 15 is 0 Å². The largest absolute Gasteiger partial charge is 0.464 e. The van der Waals surface area contributed by atoms with Gasteiger partial charge in [0.25, 0.3) is 11.8 Å². The van der Waals surface area contributed by atoms with Crippen molar-refractivity contribution < 1.29 is 33.8 Å². The molecule has 0 aliphatic carbocycles. The van der Waals surface area contributed by atoms with Crippen LogP contribution in [0.4, 0.5) is 0 Å². The second kappa shape index (κ2) is 22.6. The summed E-state index contributed by atoms with van der Waals surface area (Å²) < 4.78 is 5.74. The molecule has 0 spiro atoms. The predicted octanol–water partition coefficient (Wildman–Crippen LogP) is 2.06. The summed E-state index contributed by atoms with van der Waals surface area (Å²) in [6.45, 7) is 3.90. The van der Waals surface area contributed by atoms with Gasteiger partial charge in [-0.2, -0.15) is 0 Å². The second-order valence-electron chi connectivity index (χ2n) is 13.0. The molecule has 15 nitrogen and oxygen atoms in total. The van der Waals surface area contributed by atoms with Gasteiger partial charge in [-0.25, -0.2) is 9.97 Å². The van der Waals surface area contributed by atoms with Crippen molar-refractivity contribution >= 4 is 37.9 Å². The summed E-state index contributed by atoms with van der Waals surface area (Å²) >= 11 is 0. The molecule has 2 unspecified atom stereocenters. The quantitative estimate of drug-likeness (QED) is 0.0639. The number of amides is 4. The van der Waals surface area contributed by atoms with Crippen molar-refractivity contribution in [3.05, 3.63) is 120 Å². The smallest absolute Gasteiger partial charge is 0.449 e. The van der Waals surface area contributed by atoms with Crippen molar-refractivity contribution in [1.82, 2.24) is 41.2 Å². The monoisotopic (exact) mass is 750 g/mol. The van der Waals surface area contributed by atoms with Crippen LogP contribution in [0.15, 0.2) is 97.8 Å². The normalized spacial score (nSPS) is 13.0. The van der Waals surface area contributed by atoms with Crippen LogP contribution in [0.5, 0.6) is 0 Å². The minimum Gasteiger partial charge on any atom is -0.449 e. The number of aromatic nitrogens is 4. The van der Waals surface area contributed by atoms with Gasteiger partial charge in [0.05, 0.1) is 24.3 Å². The maximum atomic E-state index is 13.8. The second-order valence-corrected chi connectivity index (χ2v) is 13.0. The van der Waals surface area contributed by atoms with Crippen LogP contribution < -0.4 is 21.3 Å². The van der Waals surface area contributed by atoms with E-state index in [9.17, 15) is 29.2 Å². The molecule has 4 amide bonds. The van der Waals surface area contributed by atoms with Crippen LogP contribution in [0.3, 0.4) is 0 Å². The molecule has 0 aliphatic rings. The molecule has 2 aromatic heterocycles. The summed E-state index contributed by atoms with van der Waals surface area (Å²) in [7, 11) is -3.40. The fourth-order valence-electron chi connectivity index (χ4n) is 5.73. The molecule has 2 aromatic carbocycles. The van der Waals surface area contributed by atoms with E-state index in [2.05, 4.69) is 41.2 Å². The van der Waals surface area contributed by atoms with Crippen LogP contribution in [-0.4, -0.2) is 91.8 Å². The molecule has 0 bridgehead atoms. The van der Waals surface area contributed by atoms with Crippen LogP contribution in [0.2, 0.25) is 0 Å². The van der Waals surface area contributed by atoms with Gasteiger partial charge in [0, 0.05) is 37.6 Å².